The molecule has 4 heteroatoms. The summed E-state index contributed by atoms with van der Waals surface area (Å²) in [5.41, 5.74) is 2.17. The van der Waals surface area contributed by atoms with E-state index in [1.54, 1.807) is 6.20 Å². The highest BCUT2D eigenvalue weighted by atomic mass is 79.9. The molecule has 1 aliphatic rings. The predicted octanol–water partition coefficient (Wildman–Crippen LogP) is 3.68. The molecule has 1 aromatic heterocycles. The summed E-state index contributed by atoms with van der Waals surface area (Å²) in [5, 5.41) is 3.46. The van der Waals surface area contributed by atoms with E-state index in [4.69, 9.17) is 4.74 Å². The maximum absolute atomic E-state index is 5.84. The van der Waals surface area contributed by atoms with Gasteiger partial charge in [0.2, 0.25) is 0 Å². The van der Waals surface area contributed by atoms with Gasteiger partial charge in [0.05, 0.1) is 5.69 Å². The Bertz CT molecular complexity index is 584. The molecule has 1 aromatic carbocycles. The van der Waals surface area contributed by atoms with Crippen molar-refractivity contribution in [2.75, 3.05) is 0 Å². The van der Waals surface area contributed by atoms with Gasteiger partial charge >= 0.3 is 0 Å². The normalized spacial score (nSPS) is 14.2. The zero-order valence-corrected chi connectivity index (χ0v) is 12.8. The van der Waals surface area contributed by atoms with E-state index in [1.165, 1.54) is 12.8 Å². The summed E-state index contributed by atoms with van der Waals surface area (Å²) in [6, 6.07) is 12.7. The van der Waals surface area contributed by atoms with Gasteiger partial charge in [-0.05, 0) is 25.0 Å². The molecule has 104 valence electrons. The first-order chi connectivity index (χ1) is 9.81. The standard InChI is InChI=1S/C16H17BrN2O/c17-16-4-2-1-3-12(16)11-20-15-7-8-18-14(9-15)10-19-13-5-6-13/h1-4,7-9,13,19H,5-6,10-11H2. The third-order valence-electron chi connectivity index (χ3n) is 3.29. The van der Waals surface area contributed by atoms with Crippen LogP contribution in [0.5, 0.6) is 5.75 Å². The molecule has 3 nitrogen and oxygen atoms in total. The van der Waals surface area contributed by atoms with Crippen LogP contribution in [0.3, 0.4) is 0 Å². The Hall–Kier alpha value is -1.39. The van der Waals surface area contributed by atoms with Gasteiger partial charge < -0.3 is 10.1 Å². The van der Waals surface area contributed by atoms with Crippen LogP contribution in [0.1, 0.15) is 24.1 Å². The van der Waals surface area contributed by atoms with Crippen molar-refractivity contribution in [2.24, 2.45) is 0 Å². The predicted molar refractivity (Wildman–Crippen MR) is 82.6 cm³/mol. The van der Waals surface area contributed by atoms with Crippen molar-refractivity contribution in [1.29, 1.82) is 0 Å². The minimum atomic E-state index is 0.556. The zero-order chi connectivity index (χ0) is 13.8. The minimum Gasteiger partial charge on any atom is -0.489 e. The lowest BCUT2D eigenvalue weighted by Crippen LogP contribution is -2.16. The number of ether oxygens (including phenoxy) is 1. The average Bonchev–Trinajstić information content (AvgIpc) is 3.29. The van der Waals surface area contributed by atoms with Crippen LogP contribution in [0.4, 0.5) is 0 Å². The lowest BCUT2D eigenvalue weighted by Gasteiger charge is -2.09. The third-order valence-corrected chi connectivity index (χ3v) is 4.06. The number of nitrogens with one attached hydrogen (secondary N) is 1. The number of benzene rings is 1. The van der Waals surface area contributed by atoms with Gasteiger partial charge in [0.1, 0.15) is 12.4 Å². The van der Waals surface area contributed by atoms with Crippen LogP contribution in [0, 0.1) is 0 Å². The lowest BCUT2D eigenvalue weighted by molar-refractivity contribution is 0.304. The number of nitrogens with zero attached hydrogens (tertiary/aromatic N) is 1. The second kappa shape index (κ2) is 6.37. The van der Waals surface area contributed by atoms with Crippen LogP contribution in [0.15, 0.2) is 47.1 Å². The van der Waals surface area contributed by atoms with Crippen LogP contribution < -0.4 is 10.1 Å². The van der Waals surface area contributed by atoms with Crippen molar-refractivity contribution in [3.8, 4) is 5.75 Å². The fourth-order valence-electron chi connectivity index (χ4n) is 1.96. The van der Waals surface area contributed by atoms with Crippen LogP contribution in [0.2, 0.25) is 0 Å². The second-order valence-corrected chi connectivity index (χ2v) is 5.87. The first-order valence-electron chi connectivity index (χ1n) is 6.86. The van der Waals surface area contributed by atoms with Crippen LogP contribution in [-0.2, 0) is 13.2 Å². The summed E-state index contributed by atoms with van der Waals surface area (Å²) < 4.78 is 6.91. The maximum Gasteiger partial charge on any atom is 0.123 e. The molecule has 0 atom stereocenters. The molecule has 0 spiro atoms. The maximum atomic E-state index is 5.84. The van der Waals surface area contributed by atoms with Crippen molar-refractivity contribution in [3.63, 3.8) is 0 Å². The molecule has 0 saturated heterocycles. The fourth-order valence-corrected chi connectivity index (χ4v) is 2.35. The Kier molecular flexibility index (Phi) is 4.33. The largest absolute Gasteiger partial charge is 0.489 e. The molecule has 20 heavy (non-hydrogen) atoms. The number of halogens is 1. The monoisotopic (exact) mass is 332 g/mol. The zero-order valence-electron chi connectivity index (χ0n) is 11.2. The topological polar surface area (TPSA) is 34.1 Å². The molecule has 0 bridgehead atoms. The van der Waals surface area contributed by atoms with Gasteiger partial charge in [-0.3, -0.25) is 4.98 Å². The Balaban J connectivity index is 1.59. The Morgan fingerprint density at radius 2 is 2.10 bits per heavy atom. The molecule has 0 amide bonds. The summed E-state index contributed by atoms with van der Waals surface area (Å²) in [5.74, 6) is 0.864. The number of aromatic nitrogens is 1. The van der Waals surface area contributed by atoms with Crippen molar-refractivity contribution in [2.45, 2.75) is 32.0 Å². The molecule has 0 aliphatic heterocycles. The molecular formula is C16H17BrN2O. The summed E-state index contributed by atoms with van der Waals surface area (Å²) in [4.78, 5) is 4.36. The first-order valence-corrected chi connectivity index (χ1v) is 7.65. The third kappa shape index (κ3) is 3.81. The SMILES string of the molecule is Brc1ccccc1COc1ccnc(CNC2CC2)c1. The summed E-state index contributed by atoms with van der Waals surface area (Å²) in [6.07, 6.45) is 4.38. The number of pyridine rings is 1. The molecule has 1 aliphatic carbocycles. The highest BCUT2D eigenvalue weighted by Gasteiger charge is 2.20. The number of rotatable bonds is 6. The van der Waals surface area contributed by atoms with Crippen molar-refractivity contribution in [3.05, 3.63) is 58.3 Å². The van der Waals surface area contributed by atoms with Crippen molar-refractivity contribution < 1.29 is 4.74 Å². The van der Waals surface area contributed by atoms with Gasteiger partial charge in [-0.1, -0.05) is 34.1 Å². The quantitative estimate of drug-likeness (QED) is 0.876. The molecule has 2 aromatic rings. The van der Waals surface area contributed by atoms with Crippen molar-refractivity contribution in [1.82, 2.24) is 10.3 Å². The van der Waals surface area contributed by atoms with E-state index in [-0.39, 0.29) is 0 Å². The minimum absolute atomic E-state index is 0.556. The Morgan fingerprint density at radius 1 is 1.25 bits per heavy atom. The van der Waals surface area contributed by atoms with E-state index >= 15 is 0 Å². The molecule has 3 rings (SSSR count). The van der Waals surface area contributed by atoms with E-state index in [2.05, 4.69) is 32.3 Å². The Morgan fingerprint density at radius 3 is 2.90 bits per heavy atom. The van der Waals surface area contributed by atoms with Gasteiger partial charge in [-0.15, -0.1) is 0 Å². The van der Waals surface area contributed by atoms with E-state index in [9.17, 15) is 0 Å². The molecule has 1 fully saturated rings. The van der Waals surface area contributed by atoms with Crippen LogP contribution in [0.25, 0.3) is 0 Å². The number of hydrogen-bond acceptors (Lipinski definition) is 3. The van der Waals surface area contributed by atoms with Crippen LogP contribution >= 0.6 is 15.9 Å². The second-order valence-electron chi connectivity index (χ2n) is 5.02. The van der Waals surface area contributed by atoms with E-state index < -0.39 is 0 Å². The van der Waals surface area contributed by atoms with Gasteiger partial charge in [0.25, 0.3) is 0 Å². The molecule has 1 heterocycles. The van der Waals surface area contributed by atoms with E-state index in [0.717, 1.165) is 28.0 Å². The van der Waals surface area contributed by atoms with E-state index in [1.807, 2.05) is 30.3 Å². The molecule has 0 radical (unpaired) electrons. The molecular weight excluding hydrogens is 316 g/mol. The molecule has 1 saturated carbocycles. The van der Waals surface area contributed by atoms with Gasteiger partial charge in [-0.25, -0.2) is 0 Å². The molecule has 0 unspecified atom stereocenters. The van der Waals surface area contributed by atoms with Crippen molar-refractivity contribution >= 4 is 15.9 Å². The van der Waals surface area contributed by atoms with E-state index in [0.29, 0.717) is 12.6 Å². The van der Waals surface area contributed by atoms with Gasteiger partial charge in [0, 0.05) is 34.9 Å². The van der Waals surface area contributed by atoms with Gasteiger partial charge in [-0.2, -0.15) is 0 Å². The highest BCUT2D eigenvalue weighted by Crippen LogP contribution is 2.21. The smallest absolute Gasteiger partial charge is 0.123 e. The van der Waals surface area contributed by atoms with Gasteiger partial charge in [0.15, 0.2) is 0 Å². The average molecular weight is 333 g/mol. The number of hydrogen-bond donors (Lipinski definition) is 1. The Labute approximate surface area is 127 Å². The lowest BCUT2D eigenvalue weighted by atomic mass is 10.2. The summed E-state index contributed by atoms with van der Waals surface area (Å²) in [6.45, 7) is 1.37. The highest BCUT2D eigenvalue weighted by molar-refractivity contribution is 9.10. The first kappa shape index (κ1) is 13.6. The fraction of sp³-hybridized carbons (Fsp3) is 0.312. The van der Waals surface area contributed by atoms with Crippen LogP contribution in [-0.4, -0.2) is 11.0 Å². The summed E-state index contributed by atoms with van der Waals surface area (Å²) >= 11 is 3.53. The summed E-state index contributed by atoms with van der Waals surface area (Å²) in [7, 11) is 0. The molecule has 1 N–H and O–H groups in total.